The first-order valence-corrected chi connectivity index (χ1v) is 40.0. The fraction of sp³-hybridized carbons (Fsp3) is 0.315. The van der Waals surface area contributed by atoms with Gasteiger partial charge in [-0.05, 0) is 108 Å². The van der Waals surface area contributed by atoms with E-state index in [0.29, 0.717) is 27.7 Å². The first kappa shape index (κ1) is 95.2. The number of alkyl halides is 8. The second-order valence-corrected chi connectivity index (χ2v) is 32.6. The highest BCUT2D eigenvalue weighted by atomic mass is 35.5. The highest BCUT2D eigenvalue weighted by Crippen LogP contribution is 2.49. The summed E-state index contributed by atoms with van der Waals surface area (Å²) in [6, 6.07) is 2.81. The Morgan fingerprint density at radius 3 is 0.947 bits per heavy atom. The predicted molar refractivity (Wildman–Crippen MR) is 447 cm³/mol. The molecule has 0 saturated heterocycles. The van der Waals surface area contributed by atoms with E-state index in [1.807, 2.05) is 6.07 Å². The fourth-order valence-corrected chi connectivity index (χ4v) is 15.9. The molecule has 0 unspecified atom stereocenters. The van der Waals surface area contributed by atoms with Crippen LogP contribution in [-0.2, 0) is 0 Å². The van der Waals surface area contributed by atoms with E-state index in [4.69, 9.17) is 52.7 Å². The van der Waals surface area contributed by atoms with Crippen LogP contribution in [0, 0.1) is 102 Å². The molecule has 0 radical (unpaired) electrons. The number of nitrogens with two attached hydrogens (primary N) is 1. The third-order valence-electron chi connectivity index (χ3n) is 23.8. The van der Waals surface area contributed by atoms with Gasteiger partial charge in [0.05, 0.1) is 120 Å². The molecule has 43 heteroatoms. The normalized spacial score (nSPS) is 20.3. The van der Waals surface area contributed by atoms with Crippen LogP contribution < -0.4 is 47.8 Å². The minimum atomic E-state index is -3.29. The molecule has 8 N–H and O–H groups in total. The molecule has 6 aliphatic rings. The number of aryl methyl sites for hydroxylation is 2. The van der Waals surface area contributed by atoms with Crippen molar-refractivity contribution in [1.82, 2.24) is 27.4 Å². The molecular formula is C89H71ClF14N8O20. The summed E-state index contributed by atoms with van der Waals surface area (Å²) in [5.74, 6) is -13.7. The summed E-state index contributed by atoms with van der Waals surface area (Å²) < 4.78 is 207. The van der Waals surface area contributed by atoms with E-state index >= 15 is 0 Å². The van der Waals surface area contributed by atoms with Gasteiger partial charge in [-0.1, -0.05) is 11.6 Å². The zero-order valence-corrected chi connectivity index (χ0v) is 70.6. The van der Waals surface area contributed by atoms with Crippen LogP contribution in [0.25, 0.3) is 65.4 Å². The number of nitrogens with zero attached hydrogens (tertiary/aromatic N) is 7. The maximum atomic E-state index is 14.2. The molecule has 6 heterocycles. The average Bonchev–Trinajstić information content (AvgIpc) is 1.52. The molecule has 692 valence electrons. The number of nitriles is 1. The number of hydrogen-bond donors (Lipinski definition) is 7. The van der Waals surface area contributed by atoms with Crippen molar-refractivity contribution in [3.63, 3.8) is 0 Å². The minimum Gasteiger partial charge on any atom is -0.494 e. The van der Waals surface area contributed by atoms with Gasteiger partial charge >= 0.3 is 42.4 Å². The number of halogens is 15. The number of carboxylic acid groups (broad SMARTS) is 6. The summed E-state index contributed by atoms with van der Waals surface area (Å²) in [6.07, 6.45) is 0.607. The van der Waals surface area contributed by atoms with E-state index in [2.05, 4.69) is 4.74 Å². The molecule has 6 saturated carbocycles. The van der Waals surface area contributed by atoms with Crippen molar-refractivity contribution in [2.75, 3.05) is 12.8 Å². The Bertz CT molecular complexity index is 7400. The molecule has 0 aliphatic heterocycles. The van der Waals surface area contributed by atoms with Crippen molar-refractivity contribution < 1.29 is 130 Å². The predicted octanol–water partition coefficient (Wildman–Crippen LogP) is 15.9. The van der Waals surface area contributed by atoms with Crippen LogP contribution in [0.5, 0.6) is 11.5 Å². The summed E-state index contributed by atoms with van der Waals surface area (Å²) in [4.78, 5) is 141. The van der Waals surface area contributed by atoms with Crippen molar-refractivity contribution >= 4 is 119 Å². The maximum Gasteiger partial charge on any atom is 0.387 e. The lowest BCUT2D eigenvalue weighted by atomic mass is 10.00. The number of anilines is 1. The Hall–Kier alpha value is -14.4. The molecule has 18 rings (SSSR count). The zero-order chi connectivity index (χ0) is 97.4. The molecule has 132 heavy (non-hydrogen) atoms. The number of carbonyl (C=O) groups is 6. The van der Waals surface area contributed by atoms with Gasteiger partial charge in [0.1, 0.15) is 117 Å². The quantitative estimate of drug-likeness (QED) is 0.0370. The number of fused-ring (bicyclic) bond motifs is 6. The molecule has 6 aliphatic carbocycles. The zero-order valence-electron chi connectivity index (χ0n) is 69.9. The summed E-state index contributed by atoms with van der Waals surface area (Å²) >= 11 is 6.09. The second-order valence-electron chi connectivity index (χ2n) is 32.2. The first-order valence-electron chi connectivity index (χ1n) is 39.6. The van der Waals surface area contributed by atoms with E-state index < -0.39 is 233 Å². The van der Waals surface area contributed by atoms with Crippen LogP contribution in [0.2, 0.25) is 5.02 Å². The summed E-state index contributed by atoms with van der Waals surface area (Å²) in [5, 5.41) is 62.8. The lowest BCUT2D eigenvalue weighted by Crippen LogP contribution is -2.21. The number of hydrogen-bond acceptors (Lipinski definition) is 16. The van der Waals surface area contributed by atoms with Crippen molar-refractivity contribution in [1.29, 1.82) is 5.26 Å². The van der Waals surface area contributed by atoms with Crippen molar-refractivity contribution in [3.8, 4) is 17.6 Å². The molecule has 6 aromatic carbocycles. The van der Waals surface area contributed by atoms with Gasteiger partial charge in [0, 0.05) is 103 Å². The number of methoxy groups -OCH3 is 1. The topological polar surface area (TPSA) is 424 Å². The number of rotatable bonds is 15. The molecule has 6 fully saturated rings. The molecule has 12 aromatic rings. The van der Waals surface area contributed by atoms with Crippen LogP contribution in [0.4, 0.5) is 67.2 Å². The number of benzene rings is 6. The SMILES string of the molecule is COc1c(C)c(F)cc2c(=O)c(C(=O)O)cn([C@@H]3C[C@@H]3F)c12.Cc1c(F)c(N)c2c(=O)c(C(=O)O)cn([C@@H]3C[C@@H]3F)c2c1C.Cc1c(F)cc2c(=O)c(C(=O)O)cn([C@@H]3C[C@@H]3F)c2c1C.Cc1c(F)cc2c(=O)c(C(=O)O)cn([C@@H]3C[C@@H]3F)c2c1C#N.Cc1c(F)cc2c(=O)c(C(=O)O)cn([C@@H]3C[C@@H]3F)c2c1Cl.Cc1c(F)cc2c(=O)c(C(=O)O)cn([C@@H]3C[C@@H]3F)c2c1OC(F)F. The average molecular weight is 1870 g/mol. The fourth-order valence-electron chi connectivity index (χ4n) is 15.7. The van der Waals surface area contributed by atoms with Gasteiger partial charge in [-0.3, -0.25) is 28.8 Å². The van der Waals surface area contributed by atoms with Gasteiger partial charge in [-0.25, -0.2) is 81.5 Å². The van der Waals surface area contributed by atoms with E-state index in [-0.39, 0.29) is 132 Å². The Labute approximate surface area is 734 Å². The molecule has 0 spiro atoms. The lowest BCUT2D eigenvalue weighted by molar-refractivity contribution is -0.0496. The van der Waals surface area contributed by atoms with Crippen LogP contribution in [0.1, 0.15) is 187 Å². The van der Waals surface area contributed by atoms with Gasteiger partial charge in [-0.15, -0.1) is 0 Å². The number of aromatic nitrogens is 6. The lowest BCUT2D eigenvalue weighted by Gasteiger charge is -2.17. The Balaban J connectivity index is 0.000000135. The third-order valence-corrected chi connectivity index (χ3v) is 24.3. The summed E-state index contributed by atoms with van der Waals surface area (Å²) in [5.41, 5.74) is -0.617. The van der Waals surface area contributed by atoms with Gasteiger partial charge in [0.25, 0.3) is 0 Å². The Kier molecular flexibility index (Phi) is 25.6. The van der Waals surface area contributed by atoms with E-state index in [9.17, 15) is 124 Å². The van der Waals surface area contributed by atoms with E-state index in [1.54, 1.807) is 20.8 Å². The van der Waals surface area contributed by atoms with E-state index in [0.717, 1.165) is 65.9 Å². The monoisotopic (exact) mass is 1870 g/mol. The Morgan fingerprint density at radius 2 is 0.629 bits per heavy atom. The van der Waals surface area contributed by atoms with Gasteiger partial charge in [0.2, 0.25) is 32.6 Å². The van der Waals surface area contributed by atoms with Gasteiger partial charge < -0.3 is 73.2 Å². The number of aromatic carboxylic acids is 6. The molecule has 6 aromatic heterocycles. The number of ether oxygens (including phenoxy) is 2. The van der Waals surface area contributed by atoms with Crippen LogP contribution in [0.3, 0.4) is 0 Å². The number of carboxylic acids is 6. The molecule has 12 atom stereocenters. The smallest absolute Gasteiger partial charge is 0.387 e. The molecule has 28 nitrogen and oxygen atoms in total. The van der Waals surface area contributed by atoms with Crippen molar-refractivity contribution in [2.24, 2.45) is 0 Å². The maximum absolute atomic E-state index is 14.2. The minimum absolute atomic E-state index is 0.00172. The number of pyridine rings is 6. The largest absolute Gasteiger partial charge is 0.494 e. The van der Waals surface area contributed by atoms with Gasteiger partial charge in [-0.2, -0.15) is 14.0 Å². The number of nitrogen functional groups attached to an aromatic ring is 1. The van der Waals surface area contributed by atoms with Crippen molar-refractivity contribution in [3.05, 3.63) is 252 Å². The molecule has 0 amide bonds. The highest BCUT2D eigenvalue weighted by Gasteiger charge is 2.47. The first-order chi connectivity index (χ1) is 61.8. The van der Waals surface area contributed by atoms with Gasteiger partial charge in [0.15, 0.2) is 5.75 Å². The molecular weight excluding hydrogens is 1800 g/mol. The summed E-state index contributed by atoms with van der Waals surface area (Å²) in [6.45, 7) is 8.52. The summed E-state index contributed by atoms with van der Waals surface area (Å²) in [7, 11) is 1.32. The second kappa shape index (κ2) is 35.5. The third kappa shape index (κ3) is 17.1. The van der Waals surface area contributed by atoms with Crippen LogP contribution >= 0.6 is 11.6 Å². The Morgan fingerprint density at radius 1 is 0.379 bits per heavy atom. The van der Waals surface area contributed by atoms with Crippen molar-refractivity contribution in [2.45, 2.75) is 174 Å². The standard InChI is InChI=1S/C15H11F4NO4.C15H10F2N2O3.C15H14F2N2O3.C15H13F2NO4.C15H13F2NO3.C14H10ClF2NO3/c1-5-8(16)2-6-11(13(5)24-15(18)19)20(10-3-9(10)17)4-7(12(6)21)14(22)23;1-6-8(4-18)13-7(2-10(6)16)14(20)9(15(21)22)5-19(13)12-3-11(12)17;1-5-6(2)13-10(12(18)11(5)17)14(20)7(15(21)22)4-19(13)9-3-8(9)16;1-6-9(16)3-7-12(14(6)22-2)18(11-4-10(11)17)5-8(13(7)19)15(20)21;1-6-7(2)13-8(3-10(6)16)14(19)9(15(20)21)5-18(13)12-4-11(12)17;1-5-8(16)2-6-12(11(5)15)18(10-3-9(10)17)4-7(13(6)19)14(20)21/h2,4,9-10,15H,3H2,1H3,(H,22,23);2,5,11-12H,3H2,1H3,(H,21,22);4,8-9H,3,18H2,1-2H3,(H,21,22);3,5,10-11H,4H2,1-2H3,(H,20,21);3,5,11-12H,4H2,1-2H3,(H,20,21);2,4,9-10H,3H2,1H3,(H,20,21)/t9-,10+;11-,12+;8-,9+;10-,11+;11-,12+;9-,10+/m000000/s1. The van der Waals surface area contributed by atoms with Crippen LogP contribution in [-0.4, -0.2) is 145 Å². The van der Waals surface area contributed by atoms with E-state index in [1.165, 1.54) is 70.8 Å². The molecule has 0 bridgehead atoms. The highest BCUT2D eigenvalue weighted by molar-refractivity contribution is 6.36. The van der Waals surface area contributed by atoms with Crippen LogP contribution in [0.15, 0.2) is 96.3 Å².